The summed E-state index contributed by atoms with van der Waals surface area (Å²) in [6, 6.07) is 5.89. The fourth-order valence-electron chi connectivity index (χ4n) is 2.73. The zero-order chi connectivity index (χ0) is 17.9. The van der Waals surface area contributed by atoms with Crippen molar-refractivity contribution in [3.8, 4) is 0 Å². The van der Waals surface area contributed by atoms with E-state index < -0.39 is 0 Å². The Bertz CT molecular complexity index is 652. The number of nitrogens with zero attached hydrogens (tertiary/aromatic N) is 4. The Hall–Kier alpha value is -1.38. The van der Waals surface area contributed by atoms with E-state index in [-0.39, 0.29) is 24.0 Å². The van der Waals surface area contributed by atoms with Gasteiger partial charge in [-0.2, -0.15) is 0 Å². The third-order valence-corrected chi connectivity index (χ3v) is 4.11. The molecule has 6 nitrogen and oxygen atoms in total. The van der Waals surface area contributed by atoms with E-state index in [4.69, 9.17) is 0 Å². The number of nitrogens with one attached hydrogen (secondary N) is 2. The average molecular weight is 472 g/mol. The van der Waals surface area contributed by atoms with Gasteiger partial charge in [0.25, 0.3) is 0 Å². The number of rotatable bonds is 10. The van der Waals surface area contributed by atoms with Crippen LogP contribution in [0.3, 0.4) is 0 Å². The Morgan fingerprint density at radius 3 is 2.69 bits per heavy atom. The molecule has 146 valence electrons. The molecular weight excluding hydrogens is 439 g/mol. The molecule has 0 radical (unpaired) electrons. The van der Waals surface area contributed by atoms with Gasteiger partial charge < -0.3 is 10.6 Å². The number of hydrogen-bond acceptors (Lipinski definition) is 3. The molecular formula is C19H33IN6. The number of fused-ring (bicyclic) bond motifs is 1. The van der Waals surface area contributed by atoms with E-state index in [1.165, 1.54) is 32.1 Å². The van der Waals surface area contributed by atoms with E-state index in [1.807, 2.05) is 28.8 Å². The minimum atomic E-state index is 0. The standard InChI is InChI=1S/C19H32N6.HI/c1-4-20-19(21-13-9-6-5-7-11-16(2)3)22-15-18-24-23-17-12-8-10-14-25(17)18;/h8,10,12,14,16H,4-7,9,11,13,15H2,1-3H3,(H2,20,21,22);1H. The Kier molecular flexibility index (Phi) is 11.2. The maximum atomic E-state index is 4.63. The van der Waals surface area contributed by atoms with Crippen LogP contribution in [0.5, 0.6) is 0 Å². The van der Waals surface area contributed by atoms with Crippen molar-refractivity contribution >= 4 is 35.6 Å². The lowest BCUT2D eigenvalue weighted by atomic mass is 10.0. The van der Waals surface area contributed by atoms with E-state index in [9.17, 15) is 0 Å². The molecule has 0 unspecified atom stereocenters. The average Bonchev–Trinajstić information content (AvgIpc) is 3.01. The summed E-state index contributed by atoms with van der Waals surface area (Å²) in [6.45, 7) is 8.97. The van der Waals surface area contributed by atoms with Crippen LogP contribution in [0, 0.1) is 5.92 Å². The Balaban J connectivity index is 0.00000338. The van der Waals surface area contributed by atoms with Crippen LogP contribution in [0.15, 0.2) is 29.4 Å². The molecule has 2 rings (SSSR count). The summed E-state index contributed by atoms with van der Waals surface area (Å²) in [4.78, 5) is 4.63. The second kappa shape index (κ2) is 12.9. The SMILES string of the molecule is CCNC(=NCc1nnc2ccccn12)NCCCCCCC(C)C.I. The van der Waals surface area contributed by atoms with Gasteiger partial charge in [-0.05, 0) is 31.4 Å². The smallest absolute Gasteiger partial charge is 0.191 e. The summed E-state index contributed by atoms with van der Waals surface area (Å²) in [5.41, 5.74) is 0.854. The number of hydrogen-bond donors (Lipinski definition) is 2. The normalized spacial score (nSPS) is 11.6. The second-order valence-corrected chi connectivity index (χ2v) is 6.76. The van der Waals surface area contributed by atoms with Crippen molar-refractivity contribution in [1.29, 1.82) is 0 Å². The Labute approximate surface area is 174 Å². The molecule has 0 saturated heterocycles. The van der Waals surface area contributed by atoms with Crippen molar-refractivity contribution in [1.82, 2.24) is 25.2 Å². The first-order valence-electron chi connectivity index (χ1n) is 9.51. The van der Waals surface area contributed by atoms with Crippen LogP contribution in [0.4, 0.5) is 0 Å². The number of halogens is 1. The van der Waals surface area contributed by atoms with Gasteiger partial charge >= 0.3 is 0 Å². The molecule has 0 saturated carbocycles. The zero-order valence-electron chi connectivity index (χ0n) is 16.2. The molecule has 0 bridgehead atoms. The molecule has 0 aliphatic carbocycles. The van der Waals surface area contributed by atoms with E-state index >= 15 is 0 Å². The highest BCUT2D eigenvalue weighted by molar-refractivity contribution is 14.0. The minimum absolute atomic E-state index is 0. The predicted molar refractivity (Wildman–Crippen MR) is 119 cm³/mol. The number of aliphatic imine (C=N–C) groups is 1. The van der Waals surface area contributed by atoms with E-state index in [2.05, 4.69) is 46.6 Å². The zero-order valence-corrected chi connectivity index (χ0v) is 18.6. The van der Waals surface area contributed by atoms with Gasteiger partial charge in [0.05, 0.1) is 0 Å². The summed E-state index contributed by atoms with van der Waals surface area (Å²) in [5.74, 6) is 2.51. The van der Waals surface area contributed by atoms with Crippen LogP contribution in [-0.4, -0.2) is 33.6 Å². The Morgan fingerprint density at radius 2 is 1.92 bits per heavy atom. The monoisotopic (exact) mass is 472 g/mol. The Morgan fingerprint density at radius 1 is 1.12 bits per heavy atom. The first kappa shape index (κ1) is 22.7. The van der Waals surface area contributed by atoms with Gasteiger partial charge in [0.1, 0.15) is 6.54 Å². The van der Waals surface area contributed by atoms with Crippen molar-refractivity contribution in [2.75, 3.05) is 13.1 Å². The summed E-state index contributed by atoms with van der Waals surface area (Å²) < 4.78 is 1.97. The fraction of sp³-hybridized carbons (Fsp3) is 0.632. The van der Waals surface area contributed by atoms with Crippen molar-refractivity contribution < 1.29 is 0 Å². The molecule has 0 amide bonds. The minimum Gasteiger partial charge on any atom is -0.357 e. The molecule has 2 aromatic heterocycles. The number of guanidine groups is 1. The van der Waals surface area contributed by atoms with Crippen LogP contribution in [0.1, 0.15) is 58.7 Å². The lowest BCUT2D eigenvalue weighted by Gasteiger charge is -2.11. The highest BCUT2D eigenvalue weighted by Gasteiger charge is 2.04. The summed E-state index contributed by atoms with van der Waals surface area (Å²) in [6.07, 6.45) is 8.41. The van der Waals surface area contributed by atoms with Gasteiger partial charge in [0, 0.05) is 19.3 Å². The quantitative estimate of drug-likeness (QED) is 0.237. The van der Waals surface area contributed by atoms with Crippen LogP contribution >= 0.6 is 24.0 Å². The first-order chi connectivity index (χ1) is 12.2. The lowest BCUT2D eigenvalue weighted by molar-refractivity contribution is 0.518. The summed E-state index contributed by atoms with van der Waals surface area (Å²) in [5, 5.41) is 15.1. The molecule has 0 aromatic carbocycles. The lowest BCUT2D eigenvalue weighted by Crippen LogP contribution is -2.37. The predicted octanol–water partition coefficient (Wildman–Crippen LogP) is 4.01. The fourth-order valence-corrected chi connectivity index (χ4v) is 2.73. The van der Waals surface area contributed by atoms with Gasteiger partial charge in [-0.25, -0.2) is 4.99 Å². The van der Waals surface area contributed by atoms with E-state index in [0.717, 1.165) is 36.4 Å². The summed E-state index contributed by atoms with van der Waals surface area (Å²) >= 11 is 0. The number of unbranched alkanes of at least 4 members (excludes halogenated alkanes) is 3. The van der Waals surface area contributed by atoms with Crippen LogP contribution in [0.2, 0.25) is 0 Å². The largest absolute Gasteiger partial charge is 0.357 e. The van der Waals surface area contributed by atoms with E-state index in [0.29, 0.717) is 6.54 Å². The first-order valence-corrected chi connectivity index (χ1v) is 9.51. The molecule has 0 atom stereocenters. The highest BCUT2D eigenvalue weighted by atomic mass is 127. The third-order valence-electron chi connectivity index (χ3n) is 4.11. The van der Waals surface area contributed by atoms with Gasteiger partial charge in [-0.1, -0.05) is 45.6 Å². The molecule has 0 aliphatic heterocycles. The highest BCUT2D eigenvalue weighted by Crippen LogP contribution is 2.09. The second-order valence-electron chi connectivity index (χ2n) is 6.76. The van der Waals surface area contributed by atoms with Gasteiger partial charge in [0.2, 0.25) is 0 Å². The number of aromatic nitrogens is 3. The molecule has 7 heteroatoms. The van der Waals surface area contributed by atoms with Crippen LogP contribution in [0.25, 0.3) is 5.65 Å². The maximum absolute atomic E-state index is 4.63. The van der Waals surface area contributed by atoms with Crippen LogP contribution < -0.4 is 10.6 Å². The van der Waals surface area contributed by atoms with Gasteiger partial charge in [-0.3, -0.25) is 4.40 Å². The van der Waals surface area contributed by atoms with Crippen molar-refractivity contribution in [3.63, 3.8) is 0 Å². The molecule has 26 heavy (non-hydrogen) atoms. The van der Waals surface area contributed by atoms with Gasteiger partial charge in [-0.15, -0.1) is 34.2 Å². The molecule has 0 aliphatic rings. The van der Waals surface area contributed by atoms with Crippen molar-refractivity contribution in [3.05, 3.63) is 30.2 Å². The molecule has 2 N–H and O–H groups in total. The van der Waals surface area contributed by atoms with Crippen LogP contribution in [-0.2, 0) is 6.54 Å². The molecule has 2 heterocycles. The topological polar surface area (TPSA) is 66.6 Å². The number of pyridine rings is 1. The summed E-state index contributed by atoms with van der Waals surface area (Å²) in [7, 11) is 0. The molecule has 2 aromatic rings. The van der Waals surface area contributed by atoms with Crippen molar-refractivity contribution in [2.24, 2.45) is 10.9 Å². The molecule has 0 spiro atoms. The van der Waals surface area contributed by atoms with Crippen molar-refractivity contribution in [2.45, 2.75) is 59.4 Å². The van der Waals surface area contributed by atoms with Gasteiger partial charge in [0.15, 0.2) is 17.4 Å². The molecule has 0 fully saturated rings. The third kappa shape index (κ3) is 7.88. The van der Waals surface area contributed by atoms with E-state index in [1.54, 1.807) is 0 Å². The maximum Gasteiger partial charge on any atom is 0.191 e.